The quantitative estimate of drug-likeness (QED) is 0.701. The third kappa shape index (κ3) is 3.41. The summed E-state index contributed by atoms with van der Waals surface area (Å²) in [5.41, 5.74) is 0. The van der Waals surface area contributed by atoms with Crippen LogP contribution in [0.25, 0.3) is 0 Å². The van der Waals surface area contributed by atoms with Crippen LogP contribution in [0.2, 0.25) is 0 Å². The summed E-state index contributed by atoms with van der Waals surface area (Å²) in [6.07, 6.45) is 9.73. The lowest BCUT2D eigenvalue weighted by atomic mass is 9.88. The highest BCUT2D eigenvalue weighted by atomic mass is 32.1. The van der Waals surface area contributed by atoms with Crippen molar-refractivity contribution in [2.45, 2.75) is 58.3 Å². The molecule has 1 aromatic heterocycles. The molecule has 1 saturated carbocycles. The molecule has 0 atom stereocenters. The molecule has 0 saturated heterocycles. The second kappa shape index (κ2) is 6.34. The standard InChI is InChI=1S/C15H22OS/c1-2-13-10-11-14(17-13)15(16)12-8-6-4-3-5-7-9-12/h10-12H,2-9H2,1H3. The van der Waals surface area contributed by atoms with Crippen molar-refractivity contribution in [2.75, 3.05) is 0 Å². The van der Waals surface area contributed by atoms with Gasteiger partial charge in [0.1, 0.15) is 0 Å². The number of thiophene rings is 1. The van der Waals surface area contributed by atoms with Gasteiger partial charge in [0.2, 0.25) is 0 Å². The van der Waals surface area contributed by atoms with Gasteiger partial charge in [-0.2, -0.15) is 0 Å². The molecule has 1 nitrogen and oxygen atoms in total. The molecule has 0 radical (unpaired) electrons. The number of carbonyl (C=O) groups excluding carboxylic acids is 1. The summed E-state index contributed by atoms with van der Waals surface area (Å²) >= 11 is 1.70. The number of carbonyl (C=O) groups is 1. The van der Waals surface area contributed by atoms with E-state index in [9.17, 15) is 4.79 Å². The SMILES string of the molecule is CCc1ccc(C(=O)C2CCCCCCC2)s1. The molecule has 1 heterocycles. The molecule has 1 fully saturated rings. The summed E-state index contributed by atoms with van der Waals surface area (Å²) in [6, 6.07) is 4.14. The lowest BCUT2D eigenvalue weighted by Crippen LogP contribution is -2.15. The zero-order valence-corrected chi connectivity index (χ0v) is 11.5. The molecule has 1 aliphatic carbocycles. The molecule has 0 spiro atoms. The number of Topliss-reactive ketones (excluding diaryl/α,β-unsaturated/α-hetero) is 1. The van der Waals surface area contributed by atoms with Crippen LogP contribution in [0.3, 0.4) is 0 Å². The Hall–Kier alpha value is -0.630. The van der Waals surface area contributed by atoms with Crippen molar-refractivity contribution >= 4 is 17.1 Å². The largest absolute Gasteiger partial charge is 0.293 e. The third-order valence-corrected chi connectivity index (χ3v) is 4.97. The van der Waals surface area contributed by atoms with Gasteiger partial charge in [-0.25, -0.2) is 0 Å². The highest BCUT2D eigenvalue weighted by Gasteiger charge is 2.21. The summed E-state index contributed by atoms with van der Waals surface area (Å²) in [5, 5.41) is 0. The van der Waals surface area contributed by atoms with Gasteiger partial charge in [0.25, 0.3) is 0 Å². The van der Waals surface area contributed by atoms with Gasteiger partial charge in [-0.1, -0.05) is 39.0 Å². The first-order valence-corrected chi connectivity index (χ1v) is 7.76. The second-order valence-corrected chi connectivity index (χ2v) is 6.19. The van der Waals surface area contributed by atoms with Gasteiger partial charge in [0.05, 0.1) is 4.88 Å². The first-order valence-electron chi connectivity index (χ1n) is 6.94. The molecule has 0 aromatic carbocycles. The molecule has 0 N–H and O–H groups in total. The smallest absolute Gasteiger partial charge is 0.175 e. The topological polar surface area (TPSA) is 17.1 Å². The van der Waals surface area contributed by atoms with Crippen molar-refractivity contribution in [2.24, 2.45) is 5.92 Å². The minimum atomic E-state index is 0.304. The summed E-state index contributed by atoms with van der Waals surface area (Å²) in [7, 11) is 0. The van der Waals surface area contributed by atoms with Crippen LogP contribution in [0, 0.1) is 5.92 Å². The van der Waals surface area contributed by atoms with Crippen molar-refractivity contribution in [3.63, 3.8) is 0 Å². The zero-order chi connectivity index (χ0) is 12.1. The first kappa shape index (κ1) is 12.8. The molecule has 1 aromatic rings. The Bertz CT molecular complexity index is 359. The van der Waals surface area contributed by atoms with E-state index in [0.717, 1.165) is 24.1 Å². The molecule has 0 aliphatic heterocycles. The normalized spacial score (nSPS) is 18.6. The molecule has 94 valence electrons. The lowest BCUT2D eigenvalue weighted by Gasteiger charge is -2.17. The predicted molar refractivity (Wildman–Crippen MR) is 73.8 cm³/mol. The van der Waals surface area contributed by atoms with Gasteiger partial charge < -0.3 is 0 Å². The maximum absolute atomic E-state index is 12.4. The molecule has 2 heteroatoms. The van der Waals surface area contributed by atoms with Crippen molar-refractivity contribution < 1.29 is 4.79 Å². The number of rotatable bonds is 3. The summed E-state index contributed by atoms with van der Waals surface area (Å²) in [5.74, 6) is 0.718. The Morgan fingerprint density at radius 2 is 1.82 bits per heavy atom. The molecule has 2 rings (SSSR count). The zero-order valence-electron chi connectivity index (χ0n) is 10.7. The minimum Gasteiger partial charge on any atom is -0.293 e. The van der Waals surface area contributed by atoms with Crippen LogP contribution < -0.4 is 0 Å². The highest BCUT2D eigenvalue weighted by Crippen LogP contribution is 2.28. The van der Waals surface area contributed by atoms with Crippen LogP contribution in [0.5, 0.6) is 0 Å². The van der Waals surface area contributed by atoms with Crippen LogP contribution in [0.4, 0.5) is 0 Å². The molecule has 0 unspecified atom stereocenters. The van der Waals surface area contributed by atoms with Gasteiger partial charge in [-0.15, -0.1) is 11.3 Å². The molecule has 0 amide bonds. The lowest BCUT2D eigenvalue weighted by molar-refractivity contribution is 0.0902. The van der Waals surface area contributed by atoms with E-state index in [1.807, 2.05) is 6.07 Å². The van der Waals surface area contributed by atoms with Crippen LogP contribution in [-0.2, 0) is 6.42 Å². The second-order valence-electron chi connectivity index (χ2n) is 5.03. The molecular weight excluding hydrogens is 228 g/mol. The average Bonchev–Trinajstić information content (AvgIpc) is 2.76. The van der Waals surface area contributed by atoms with E-state index in [1.54, 1.807) is 11.3 Å². The fraction of sp³-hybridized carbons (Fsp3) is 0.667. The number of hydrogen-bond acceptors (Lipinski definition) is 2. The monoisotopic (exact) mass is 250 g/mol. The van der Waals surface area contributed by atoms with E-state index in [0.29, 0.717) is 11.7 Å². The summed E-state index contributed by atoms with van der Waals surface area (Å²) < 4.78 is 0. The fourth-order valence-electron chi connectivity index (χ4n) is 2.62. The summed E-state index contributed by atoms with van der Waals surface area (Å²) in [4.78, 5) is 14.7. The van der Waals surface area contributed by atoms with Crippen LogP contribution in [-0.4, -0.2) is 5.78 Å². The predicted octanol–water partition coefficient (Wildman–Crippen LogP) is 4.85. The van der Waals surface area contributed by atoms with Crippen molar-refractivity contribution in [1.82, 2.24) is 0 Å². The van der Waals surface area contributed by atoms with Crippen LogP contribution in [0.15, 0.2) is 12.1 Å². The van der Waals surface area contributed by atoms with Crippen molar-refractivity contribution in [3.8, 4) is 0 Å². The van der Waals surface area contributed by atoms with Crippen molar-refractivity contribution in [3.05, 3.63) is 21.9 Å². The van der Waals surface area contributed by atoms with Gasteiger partial charge in [-0.3, -0.25) is 4.79 Å². The van der Waals surface area contributed by atoms with E-state index in [4.69, 9.17) is 0 Å². The van der Waals surface area contributed by atoms with Gasteiger partial charge in [0.15, 0.2) is 5.78 Å². The van der Waals surface area contributed by atoms with E-state index >= 15 is 0 Å². The average molecular weight is 250 g/mol. The number of hydrogen-bond donors (Lipinski definition) is 0. The first-order chi connectivity index (χ1) is 8.31. The Morgan fingerprint density at radius 3 is 2.41 bits per heavy atom. The third-order valence-electron chi connectivity index (χ3n) is 3.73. The maximum Gasteiger partial charge on any atom is 0.175 e. The Balaban J connectivity index is 2.01. The molecule has 1 aliphatic rings. The Morgan fingerprint density at radius 1 is 1.18 bits per heavy atom. The van der Waals surface area contributed by atoms with Crippen LogP contribution >= 0.6 is 11.3 Å². The number of aryl methyl sites for hydroxylation is 1. The van der Waals surface area contributed by atoms with Crippen molar-refractivity contribution in [1.29, 1.82) is 0 Å². The Kier molecular flexibility index (Phi) is 4.78. The van der Waals surface area contributed by atoms with E-state index in [2.05, 4.69) is 13.0 Å². The van der Waals surface area contributed by atoms with E-state index < -0.39 is 0 Å². The maximum atomic E-state index is 12.4. The molecule has 0 bridgehead atoms. The number of ketones is 1. The minimum absolute atomic E-state index is 0.304. The van der Waals surface area contributed by atoms with E-state index in [-0.39, 0.29) is 0 Å². The van der Waals surface area contributed by atoms with Crippen LogP contribution in [0.1, 0.15) is 66.4 Å². The van der Waals surface area contributed by atoms with Gasteiger partial charge in [0, 0.05) is 10.8 Å². The van der Waals surface area contributed by atoms with Gasteiger partial charge >= 0.3 is 0 Å². The molecule has 17 heavy (non-hydrogen) atoms. The summed E-state index contributed by atoms with van der Waals surface area (Å²) in [6.45, 7) is 2.15. The van der Waals surface area contributed by atoms with Gasteiger partial charge in [-0.05, 0) is 31.4 Å². The molecular formula is C15H22OS. The fourth-order valence-corrected chi connectivity index (χ4v) is 3.59. The van der Waals surface area contributed by atoms with E-state index in [1.165, 1.54) is 37.0 Å². The Labute approximate surface area is 108 Å². The highest BCUT2D eigenvalue weighted by molar-refractivity contribution is 7.14.